The van der Waals surface area contributed by atoms with Crippen molar-refractivity contribution in [3.05, 3.63) is 23.3 Å². The van der Waals surface area contributed by atoms with Gasteiger partial charge < -0.3 is 28.7 Å². The molecule has 0 N–H and O–H groups in total. The van der Waals surface area contributed by atoms with Gasteiger partial charge in [-0.05, 0) is 23.3 Å². The number of hydrogen-bond acceptors (Lipinski definition) is 10. The first kappa shape index (κ1) is 20.2. The molecule has 0 radical (unpaired) electrons. The summed E-state index contributed by atoms with van der Waals surface area (Å²) in [4.78, 5) is 52.9. The Morgan fingerprint density at radius 3 is 1.62 bits per heavy atom. The normalized spacial score (nSPS) is 50.2. The van der Waals surface area contributed by atoms with Crippen molar-refractivity contribution in [1.29, 1.82) is 0 Å². The third kappa shape index (κ3) is 2.20. The van der Waals surface area contributed by atoms with Gasteiger partial charge in [0.1, 0.15) is 36.6 Å². The Morgan fingerprint density at radius 1 is 0.824 bits per heavy atom. The van der Waals surface area contributed by atoms with E-state index in [0.717, 1.165) is 11.1 Å². The maximum Gasteiger partial charge on any atom is 0.303 e. The molecule has 178 valence electrons. The molecule has 4 unspecified atom stereocenters. The van der Waals surface area contributed by atoms with E-state index < -0.39 is 21.9 Å². The van der Waals surface area contributed by atoms with Gasteiger partial charge in [0.05, 0.1) is 12.1 Å². The summed E-state index contributed by atoms with van der Waals surface area (Å²) in [7, 11) is 2.91. The number of ether oxygens (including phenoxy) is 4. The molecule has 0 aromatic carbocycles. The molecular formula is C22H20N2O8S2. The number of amides is 2. The molecule has 0 saturated carbocycles. The fourth-order valence-electron chi connectivity index (χ4n) is 6.91. The molecule has 7 aliphatic heterocycles. The third-order valence-electron chi connectivity index (χ3n) is 8.16. The molecule has 10 nitrogen and oxygen atoms in total. The van der Waals surface area contributed by atoms with Gasteiger partial charge in [-0.25, -0.2) is 0 Å². The smallest absolute Gasteiger partial charge is 0.303 e. The van der Waals surface area contributed by atoms with E-state index >= 15 is 0 Å². The number of nitrogens with zero attached hydrogens (tertiary/aromatic N) is 2. The van der Waals surface area contributed by atoms with Gasteiger partial charge in [0, 0.05) is 26.7 Å². The fraction of sp³-hybridized carbons (Fsp3) is 0.636. The second-order valence-electron chi connectivity index (χ2n) is 10.1. The number of rotatable bonds is 2. The quantitative estimate of drug-likeness (QED) is 0.224. The van der Waals surface area contributed by atoms with E-state index in [1.54, 1.807) is 9.80 Å². The minimum atomic E-state index is -1.05. The molecule has 2 bridgehead atoms. The van der Waals surface area contributed by atoms with E-state index in [9.17, 15) is 19.2 Å². The lowest BCUT2D eigenvalue weighted by atomic mass is 9.91. The highest BCUT2D eigenvalue weighted by atomic mass is 33.1. The number of carbonyl (C=O) groups excluding carboxylic acids is 4. The van der Waals surface area contributed by atoms with Gasteiger partial charge in [0.15, 0.2) is 9.74 Å². The third-order valence-corrected chi connectivity index (χ3v) is 11.7. The van der Waals surface area contributed by atoms with Crippen LogP contribution in [0.15, 0.2) is 23.3 Å². The minimum absolute atomic E-state index is 0.0824. The molecule has 9 rings (SSSR count). The molecule has 0 aromatic rings. The van der Waals surface area contributed by atoms with Crippen LogP contribution in [0.4, 0.5) is 0 Å². The van der Waals surface area contributed by atoms with E-state index in [-0.39, 0.29) is 60.3 Å². The number of esters is 2. The van der Waals surface area contributed by atoms with Crippen molar-refractivity contribution in [3.63, 3.8) is 0 Å². The first-order valence-corrected chi connectivity index (χ1v) is 13.5. The van der Waals surface area contributed by atoms with Crippen LogP contribution < -0.4 is 0 Å². The van der Waals surface area contributed by atoms with E-state index in [4.69, 9.17) is 18.9 Å². The van der Waals surface area contributed by atoms with Crippen LogP contribution in [0.2, 0.25) is 0 Å². The van der Waals surface area contributed by atoms with Gasteiger partial charge in [0.25, 0.3) is 11.8 Å². The lowest BCUT2D eigenvalue weighted by Gasteiger charge is -2.58. The van der Waals surface area contributed by atoms with Crippen molar-refractivity contribution in [1.82, 2.24) is 9.80 Å². The predicted octanol–water partition coefficient (Wildman–Crippen LogP) is 0.268. The molecule has 12 heteroatoms. The van der Waals surface area contributed by atoms with Crippen LogP contribution in [0, 0.1) is 0 Å². The molecule has 7 heterocycles. The number of fused-ring (bicyclic) bond motifs is 7. The monoisotopic (exact) mass is 504 g/mol. The molecule has 0 aromatic heterocycles. The zero-order valence-corrected chi connectivity index (χ0v) is 19.8. The van der Waals surface area contributed by atoms with Crippen LogP contribution in [-0.2, 0) is 38.1 Å². The summed E-state index contributed by atoms with van der Waals surface area (Å²) in [5.41, 5.74) is 1.85. The average Bonchev–Trinajstić information content (AvgIpc) is 3.67. The molecule has 9 aliphatic rings. The second-order valence-corrected chi connectivity index (χ2v) is 12.8. The van der Waals surface area contributed by atoms with Crippen molar-refractivity contribution in [2.45, 2.75) is 85.1 Å². The van der Waals surface area contributed by atoms with Crippen LogP contribution in [0.1, 0.15) is 26.7 Å². The Labute approximate surface area is 201 Å². The summed E-state index contributed by atoms with van der Waals surface area (Å²) in [6.45, 7) is 2.73. The molecule has 2 spiro atoms. The average molecular weight is 505 g/mol. The zero-order valence-electron chi connectivity index (χ0n) is 18.2. The van der Waals surface area contributed by atoms with Crippen molar-refractivity contribution in [2.75, 3.05) is 0 Å². The van der Waals surface area contributed by atoms with Crippen molar-refractivity contribution < 1.29 is 38.1 Å². The van der Waals surface area contributed by atoms with Crippen molar-refractivity contribution >= 4 is 45.3 Å². The largest absolute Gasteiger partial charge is 0.455 e. The van der Waals surface area contributed by atoms with Gasteiger partial charge in [0.2, 0.25) is 0 Å². The number of piperazine rings is 1. The van der Waals surface area contributed by atoms with Gasteiger partial charge in [-0.3, -0.25) is 19.2 Å². The lowest BCUT2D eigenvalue weighted by molar-refractivity contribution is -0.166. The van der Waals surface area contributed by atoms with Crippen LogP contribution in [0.3, 0.4) is 0 Å². The lowest BCUT2D eigenvalue weighted by Crippen LogP contribution is -2.76. The summed E-state index contributed by atoms with van der Waals surface area (Å²) in [5, 5.41) is 0. The molecule has 2 aliphatic carbocycles. The summed E-state index contributed by atoms with van der Waals surface area (Å²) >= 11 is 0. The highest BCUT2D eigenvalue weighted by Gasteiger charge is 2.80. The Morgan fingerprint density at radius 2 is 1.24 bits per heavy atom. The first-order valence-electron chi connectivity index (χ1n) is 11.4. The van der Waals surface area contributed by atoms with Crippen LogP contribution in [0.25, 0.3) is 0 Å². The highest BCUT2D eigenvalue weighted by molar-refractivity contribution is 8.78. The van der Waals surface area contributed by atoms with Gasteiger partial charge >= 0.3 is 11.9 Å². The summed E-state index contributed by atoms with van der Waals surface area (Å²) in [6, 6.07) is -0.646. The molecule has 7 saturated heterocycles. The van der Waals surface area contributed by atoms with E-state index in [1.807, 2.05) is 12.2 Å². The Bertz CT molecular complexity index is 1100. The summed E-state index contributed by atoms with van der Waals surface area (Å²) in [5.74, 6) is -0.936. The van der Waals surface area contributed by atoms with Crippen molar-refractivity contribution in [3.8, 4) is 0 Å². The Hall–Kier alpha value is -2.02. The Kier molecular flexibility index (Phi) is 3.58. The SMILES string of the molecule is CC(=O)O[C@H]1C=C2CC34SSC5(CC6=C[C@H](OC(C)=O)[C@@H]7O[C@@H]7C6N5C3=O)C(=O)N4C2[C@H]2O[C@@H]12. The van der Waals surface area contributed by atoms with E-state index in [2.05, 4.69) is 0 Å². The van der Waals surface area contributed by atoms with E-state index in [0.29, 0.717) is 12.8 Å². The maximum absolute atomic E-state index is 14.2. The molecule has 10 atom stereocenters. The first-order chi connectivity index (χ1) is 16.2. The number of epoxide rings is 2. The van der Waals surface area contributed by atoms with E-state index in [1.165, 1.54) is 35.4 Å². The van der Waals surface area contributed by atoms with Crippen LogP contribution >= 0.6 is 21.6 Å². The Balaban J connectivity index is 1.20. The topological polar surface area (TPSA) is 118 Å². The molecular weight excluding hydrogens is 484 g/mol. The van der Waals surface area contributed by atoms with Crippen LogP contribution in [0.5, 0.6) is 0 Å². The standard InChI is InChI=1S/C22H20N2O8S2/c1-7(25)29-11-3-9-5-21-19(27)24-14-10(4-12(30-8(2)26)16-18(14)32-16)6-22(24,34-33-21)20(28)23(21)13(9)17-15(11)31-17/h3-4,11-18H,5-6H2,1-2H3/t11-,12-,13?,14?,15-,16-,17+,18+,21?,22?/m0/s1. The molecule has 7 fully saturated rings. The zero-order chi connectivity index (χ0) is 23.3. The fourth-order valence-corrected chi connectivity index (χ4v) is 10.6. The predicted molar refractivity (Wildman–Crippen MR) is 116 cm³/mol. The summed E-state index contributed by atoms with van der Waals surface area (Å²) < 4.78 is 22.6. The minimum Gasteiger partial charge on any atom is -0.455 e. The van der Waals surface area contributed by atoms with Gasteiger partial charge in [-0.1, -0.05) is 21.6 Å². The highest BCUT2D eigenvalue weighted by Crippen LogP contribution is 2.71. The van der Waals surface area contributed by atoms with Gasteiger partial charge in [-0.15, -0.1) is 0 Å². The second kappa shape index (κ2) is 6.03. The molecule has 2 amide bonds. The van der Waals surface area contributed by atoms with Crippen LogP contribution in [-0.4, -0.2) is 92.0 Å². The summed E-state index contributed by atoms with van der Waals surface area (Å²) in [6.07, 6.45) is 2.41. The number of hydrogen-bond donors (Lipinski definition) is 0. The van der Waals surface area contributed by atoms with Gasteiger partial charge in [-0.2, -0.15) is 0 Å². The maximum atomic E-state index is 14.2. The number of carbonyl (C=O) groups is 4. The molecule has 34 heavy (non-hydrogen) atoms. The van der Waals surface area contributed by atoms with Crippen molar-refractivity contribution in [2.24, 2.45) is 0 Å².